The first kappa shape index (κ1) is 18.0. The Morgan fingerprint density at radius 1 is 1.07 bits per heavy atom. The topological polar surface area (TPSA) is 84.3 Å². The third kappa shape index (κ3) is 3.81. The van der Waals surface area contributed by atoms with Crippen LogP contribution in [0.2, 0.25) is 0 Å². The highest BCUT2D eigenvalue weighted by Crippen LogP contribution is 2.31. The lowest BCUT2D eigenvalue weighted by Gasteiger charge is -2.15. The zero-order valence-corrected chi connectivity index (χ0v) is 15.5. The van der Waals surface area contributed by atoms with Gasteiger partial charge in [0.05, 0.1) is 11.0 Å². The molecule has 1 aliphatic carbocycles. The van der Waals surface area contributed by atoms with Crippen molar-refractivity contribution in [1.82, 2.24) is 5.32 Å². The van der Waals surface area contributed by atoms with Gasteiger partial charge in [-0.1, -0.05) is 36.4 Å². The summed E-state index contributed by atoms with van der Waals surface area (Å²) in [6.45, 7) is 1.90. The molecule has 1 aliphatic rings. The molecular formula is C22H21N3O3. The van der Waals surface area contributed by atoms with E-state index in [0.717, 1.165) is 29.2 Å². The Bertz CT molecular complexity index is 1060. The molecule has 142 valence electrons. The average Bonchev–Trinajstić information content (AvgIpc) is 3.51. The van der Waals surface area contributed by atoms with Crippen LogP contribution >= 0.6 is 0 Å². The molecule has 0 spiro atoms. The van der Waals surface area contributed by atoms with Gasteiger partial charge >= 0.3 is 0 Å². The van der Waals surface area contributed by atoms with Gasteiger partial charge in [0.25, 0.3) is 11.6 Å². The molecule has 0 radical (unpaired) electrons. The van der Waals surface area contributed by atoms with E-state index in [4.69, 9.17) is 0 Å². The zero-order valence-electron chi connectivity index (χ0n) is 15.5. The summed E-state index contributed by atoms with van der Waals surface area (Å²) in [6, 6.07) is 18.8. The van der Waals surface area contributed by atoms with Gasteiger partial charge in [0.2, 0.25) is 0 Å². The summed E-state index contributed by atoms with van der Waals surface area (Å²) in [7, 11) is 0. The van der Waals surface area contributed by atoms with Gasteiger partial charge in [-0.3, -0.25) is 14.9 Å². The molecule has 1 unspecified atom stereocenters. The average molecular weight is 375 g/mol. The summed E-state index contributed by atoms with van der Waals surface area (Å²) in [5, 5.41) is 19.7. The Hall–Kier alpha value is -3.41. The van der Waals surface area contributed by atoms with E-state index in [-0.39, 0.29) is 23.2 Å². The maximum Gasteiger partial charge on any atom is 0.293 e. The summed E-state index contributed by atoms with van der Waals surface area (Å²) in [5.41, 5.74) is 1.65. The van der Waals surface area contributed by atoms with Crippen LogP contribution in [0.3, 0.4) is 0 Å². The maximum atomic E-state index is 12.7. The second kappa shape index (κ2) is 7.31. The van der Waals surface area contributed by atoms with Gasteiger partial charge in [0.1, 0.15) is 5.69 Å². The van der Waals surface area contributed by atoms with Crippen molar-refractivity contribution in [3.05, 3.63) is 81.9 Å². The first-order valence-corrected chi connectivity index (χ1v) is 9.36. The van der Waals surface area contributed by atoms with Gasteiger partial charge in [-0.05, 0) is 54.3 Å². The van der Waals surface area contributed by atoms with E-state index in [1.165, 1.54) is 6.07 Å². The number of anilines is 1. The van der Waals surface area contributed by atoms with Crippen molar-refractivity contribution in [1.29, 1.82) is 0 Å². The van der Waals surface area contributed by atoms with Gasteiger partial charge in [0.15, 0.2) is 0 Å². The number of nitrogens with zero attached hydrogens (tertiary/aromatic N) is 1. The van der Waals surface area contributed by atoms with E-state index in [1.54, 1.807) is 12.1 Å². The molecule has 2 N–H and O–H groups in total. The lowest BCUT2D eigenvalue weighted by atomic mass is 10.0. The second-order valence-corrected chi connectivity index (χ2v) is 7.21. The number of hydrogen-bond donors (Lipinski definition) is 2. The molecular weight excluding hydrogens is 354 g/mol. The van der Waals surface area contributed by atoms with Crippen LogP contribution in [0.5, 0.6) is 0 Å². The molecule has 1 amide bonds. The minimum Gasteiger partial charge on any atom is -0.377 e. The van der Waals surface area contributed by atoms with E-state index in [2.05, 4.69) is 10.6 Å². The van der Waals surface area contributed by atoms with Crippen LogP contribution in [0.25, 0.3) is 10.8 Å². The fourth-order valence-electron chi connectivity index (χ4n) is 3.23. The molecule has 1 fully saturated rings. The van der Waals surface area contributed by atoms with Crippen LogP contribution in [0, 0.1) is 10.1 Å². The highest BCUT2D eigenvalue weighted by Gasteiger charge is 2.25. The first-order valence-electron chi connectivity index (χ1n) is 9.36. The van der Waals surface area contributed by atoms with Crippen LogP contribution in [0.4, 0.5) is 11.4 Å². The van der Waals surface area contributed by atoms with Crippen molar-refractivity contribution in [3.8, 4) is 0 Å². The van der Waals surface area contributed by atoms with Crippen molar-refractivity contribution < 1.29 is 9.72 Å². The largest absolute Gasteiger partial charge is 0.377 e. The van der Waals surface area contributed by atoms with Crippen LogP contribution in [-0.2, 0) is 0 Å². The molecule has 0 bridgehead atoms. The Morgan fingerprint density at radius 3 is 2.54 bits per heavy atom. The number of benzene rings is 3. The van der Waals surface area contributed by atoms with Crippen LogP contribution in [0.15, 0.2) is 60.7 Å². The van der Waals surface area contributed by atoms with E-state index >= 15 is 0 Å². The molecule has 6 heteroatoms. The molecule has 3 aromatic rings. The number of nitro benzene ring substituents is 1. The van der Waals surface area contributed by atoms with Crippen molar-refractivity contribution in [2.75, 3.05) is 5.32 Å². The van der Waals surface area contributed by atoms with Crippen LogP contribution < -0.4 is 10.6 Å². The van der Waals surface area contributed by atoms with Crippen molar-refractivity contribution in [2.45, 2.75) is 31.8 Å². The quantitative estimate of drug-likeness (QED) is 0.478. The van der Waals surface area contributed by atoms with E-state index in [9.17, 15) is 14.9 Å². The normalized spacial score (nSPS) is 14.5. The molecule has 3 aromatic carbocycles. The van der Waals surface area contributed by atoms with E-state index in [0.29, 0.717) is 11.7 Å². The first-order chi connectivity index (χ1) is 13.5. The second-order valence-electron chi connectivity index (χ2n) is 7.21. The fraction of sp³-hybridized carbons (Fsp3) is 0.227. The molecule has 1 saturated carbocycles. The summed E-state index contributed by atoms with van der Waals surface area (Å²) in [6.07, 6.45) is 2.03. The Morgan fingerprint density at radius 2 is 1.82 bits per heavy atom. The Labute approximate surface area is 162 Å². The highest BCUT2D eigenvalue weighted by atomic mass is 16.6. The number of fused-ring (bicyclic) bond motifs is 1. The summed E-state index contributed by atoms with van der Waals surface area (Å²) in [5.74, 6) is -0.332. The molecule has 0 aliphatic heterocycles. The van der Waals surface area contributed by atoms with Crippen molar-refractivity contribution in [2.24, 2.45) is 0 Å². The lowest BCUT2D eigenvalue weighted by Crippen LogP contribution is -2.26. The van der Waals surface area contributed by atoms with Crippen molar-refractivity contribution >= 4 is 28.1 Å². The van der Waals surface area contributed by atoms with Gasteiger partial charge in [0, 0.05) is 17.7 Å². The molecule has 4 rings (SSSR count). The van der Waals surface area contributed by atoms with Gasteiger partial charge in [-0.25, -0.2) is 0 Å². The van der Waals surface area contributed by atoms with Gasteiger partial charge < -0.3 is 10.6 Å². The SMILES string of the molecule is CC(NC(=O)c1ccc(NC2CC2)c([N+](=O)[O-])c1)c1ccc2ccccc2c1. The van der Waals surface area contributed by atoms with Gasteiger partial charge in [-0.15, -0.1) is 0 Å². The predicted octanol–water partition coefficient (Wildman–Crippen LogP) is 4.81. The minimum atomic E-state index is -0.450. The fourth-order valence-corrected chi connectivity index (χ4v) is 3.23. The number of carbonyl (C=O) groups excluding carboxylic acids is 1. The highest BCUT2D eigenvalue weighted by molar-refractivity contribution is 5.96. The zero-order chi connectivity index (χ0) is 19.7. The number of rotatable bonds is 6. The summed E-state index contributed by atoms with van der Waals surface area (Å²) in [4.78, 5) is 23.6. The number of nitro groups is 1. The summed E-state index contributed by atoms with van der Waals surface area (Å²) < 4.78 is 0. The molecule has 0 saturated heterocycles. The van der Waals surface area contributed by atoms with Gasteiger partial charge in [-0.2, -0.15) is 0 Å². The molecule has 0 heterocycles. The molecule has 28 heavy (non-hydrogen) atoms. The lowest BCUT2D eigenvalue weighted by molar-refractivity contribution is -0.384. The van der Waals surface area contributed by atoms with Crippen LogP contribution in [-0.4, -0.2) is 16.9 Å². The molecule has 1 atom stereocenters. The number of nitrogens with one attached hydrogen (secondary N) is 2. The van der Waals surface area contributed by atoms with Crippen molar-refractivity contribution in [3.63, 3.8) is 0 Å². The standard InChI is InChI=1S/C22H21N3O3/c1-14(16-7-6-15-4-2-3-5-17(15)12-16)23-22(26)18-8-11-20(24-19-9-10-19)21(13-18)25(27)28/h2-8,11-14,19,24H,9-10H2,1H3,(H,23,26). The Balaban J connectivity index is 1.53. The number of amides is 1. The summed E-state index contributed by atoms with van der Waals surface area (Å²) >= 11 is 0. The number of carbonyl (C=O) groups is 1. The predicted molar refractivity (Wildman–Crippen MR) is 110 cm³/mol. The smallest absolute Gasteiger partial charge is 0.293 e. The number of hydrogen-bond acceptors (Lipinski definition) is 4. The third-order valence-electron chi connectivity index (χ3n) is 5.01. The molecule has 0 aromatic heterocycles. The third-order valence-corrected chi connectivity index (χ3v) is 5.01. The maximum absolute atomic E-state index is 12.7. The molecule has 6 nitrogen and oxygen atoms in total. The van der Waals surface area contributed by atoms with E-state index < -0.39 is 4.92 Å². The van der Waals surface area contributed by atoms with E-state index in [1.807, 2.05) is 49.4 Å². The minimum absolute atomic E-state index is 0.0714. The van der Waals surface area contributed by atoms with Crippen LogP contribution in [0.1, 0.15) is 41.7 Å². The Kier molecular flexibility index (Phi) is 4.69. The monoisotopic (exact) mass is 375 g/mol.